The van der Waals surface area contributed by atoms with E-state index in [1.165, 1.54) is 16.7 Å². The lowest BCUT2D eigenvalue weighted by molar-refractivity contribution is -0.191. The topological polar surface area (TPSA) is 71.5 Å². The van der Waals surface area contributed by atoms with Gasteiger partial charge >= 0.3 is 6.15 Å². The first-order chi connectivity index (χ1) is 10.9. The van der Waals surface area contributed by atoms with Crippen LogP contribution < -0.4 is 0 Å². The van der Waals surface area contributed by atoms with Crippen molar-refractivity contribution in [2.45, 2.75) is 13.3 Å². The predicted octanol–water partition coefficient (Wildman–Crippen LogP) is 2.58. The van der Waals surface area contributed by atoms with Crippen LogP contribution in [-0.2, 0) is 25.6 Å². The van der Waals surface area contributed by atoms with E-state index in [1.54, 1.807) is 0 Å². The van der Waals surface area contributed by atoms with Gasteiger partial charge in [0.15, 0.2) is 5.78 Å². The van der Waals surface area contributed by atoms with E-state index in [-0.39, 0.29) is 17.8 Å². The van der Waals surface area contributed by atoms with Gasteiger partial charge in [0.25, 0.3) is 5.91 Å². The number of ketones is 1. The molecule has 0 unspecified atom stereocenters. The number of allylic oxidation sites excluding steroid dienone is 1. The molecule has 3 rings (SSSR count). The molecule has 23 heavy (non-hydrogen) atoms. The molecule has 5 nitrogen and oxygen atoms in total. The van der Waals surface area contributed by atoms with Crippen molar-refractivity contribution >= 4 is 67.6 Å². The number of fused-ring (bicyclic) bond motifs is 1. The smallest absolute Gasteiger partial charge is 0.294 e. The molecule has 1 amide bonds. The largest absolute Gasteiger partial charge is 0.373 e. The van der Waals surface area contributed by atoms with Crippen LogP contribution in [0.2, 0.25) is 0 Å². The van der Waals surface area contributed by atoms with Crippen LogP contribution in [0.25, 0.3) is 5.57 Å². The van der Waals surface area contributed by atoms with Crippen molar-refractivity contribution in [1.29, 1.82) is 0 Å². The molecule has 2 aliphatic rings. The Balaban J connectivity index is 0.000000595. The van der Waals surface area contributed by atoms with Gasteiger partial charge in [-0.2, -0.15) is 9.59 Å². The van der Waals surface area contributed by atoms with E-state index in [0.29, 0.717) is 27.8 Å². The fourth-order valence-electron chi connectivity index (χ4n) is 2.42. The average Bonchev–Trinajstić information content (AvgIpc) is 2.95. The lowest BCUT2D eigenvalue weighted by atomic mass is 10.1. The van der Waals surface area contributed by atoms with E-state index in [1.807, 2.05) is 25.1 Å². The van der Waals surface area contributed by atoms with Gasteiger partial charge in [-0.1, -0.05) is 46.0 Å². The second-order valence-corrected chi connectivity index (χ2v) is 7.17. The number of hydrogen-bond donors (Lipinski definition) is 0. The molecule has 0 atom stereocenters. The molecule has 0 aromatic heterocycles. The summed E-state index contributed by atoms with van der Waals surface area (Å²) in [6.45, 7) is 2.40. The van der Waals surface area contributed by atoms with Crippen LogP contribution in [0, 0.1) is 0 Å². The number of thioether (sulfide) groups is 1. The Morgan fingerprint density at radius 1 is 1.35 bits per heavy atom. The van der Waals surface area contributed by atoms with E-state index < -0.39 is 0 Å². The SMILES string of the molecule is CCN1C(=O)/C(=C2/C(=O)Cc3ccc(Br)cc32)SC1=S.O=C=O. The van der Waals surface area contributed by atoms with Gasteiger partial charge < -0.3 is 0 Å². The molecular weight excluding hydrogens is 402 g/mol. The number of amides is 1. The number of Topliss-reactive ketones (excluding diaryl/α,β-unsaturated/α-hetero) is 1. The zero-order chi connectivity index (χ0) is 17.1. The highest BCUT2D eigenvalue weighted by molar-refractivity contribution is 9.10. The first kappa shape index (κ1) is 17.7. The third-order valence-electron chi connectivity index (χ3n) is 3.36. The molecule has 0 radical (unpaired) electrons. The van der Waals surface area contributed by atoms with Crippen LogP contribution in [0.5, 0.6) is 0 Å². The van der Waals surface area contributed by atoms with Gasteiger partial charge in [0.05, 0.1) is 4.91 Å². The Bertz CT molecular complexity index is 782. The Morgan fingerprint density at radius 2 is 2.00 bits per heavy atom. The standard InChI is InChI=1S/C14H10BrNO2S2.CO2/c1-2-16-13(18)12(20-14(16)19)11-9-6-8(15)4-3-7(9)5-10(11)17;2-1-3/h3-4,6H,2,5H2,1H3;/b12-11-;. The maximum atomic E-state index is 12.4. The van der Waals surface area contributed by atoms with E-state index in [0.717, 1.165) is 15.6 Å². The molecule has 0 N–H and O–H groups in total. The quantitative estimate of drug-likeness (QED) is 0.522. The van der Waals surface area contributed by atoms with Crippen LogP contribution in [0.15, 0.2) is 27.6 Å². The fraction of sp³-hybridized carbons (Fsp3) is 0.200. The summed E-state index contributed by atoms with van der Waals surface area (Å²) in [5.41, 5.74) is 2.34. The van der Waals surface area contributed by atoms with Crippen LogP contribution in [0.1, 0.15) is 18.1 Å². The zero-order valence-corrected chi connectivity index (χ0v) is 15.1. The summed E-state index contributed by atoms with van der Waals surface area (Å²) in [5, 5.41) is 0. The molecule has 0 bridgehead atoms. The van der Waals surface area contributed by atoms with Crippen molar-refractivity contribution in [2.75, 3.05) is 6.54 Å². The fourth-order valence-corrected chi connectivity index (χ4v) is 4.26. The van der Waals surface area contributed by atoms with E-state index in [9.17, 15) is 9.59 Å². The van der Waals surface area contributed by atoms with Crippen LogP contribution >= 0.6 is 39.9 Å². The molecule has 1 aliphatic heterocycles. The number of nitrogens with zero attached hydrogens (tertiary/aromatic N) is 1. The number of halogens is 1. The number of rotatable bonds is 1. The summed E-state index contributed by atoms with van der Waals surface area (Å²) in [6, 6.07) is 5.73. The molecule has 1 aliphatic carbocycles. The van der Waals surface area contributed by atoms with Crippen LogP contribution in [0.3, 0.4) is 0 Å². The van der Waals surface area contributed by atoms with E-state index in [2.05, 4.69) is 15.9 Å². The Labute approximate surface area is 150 Å². The van der Waals surface area contributed by atoms with Crippen LogP contribution in [0.4, 0.5) is 0 Å². The lowest BCUT2D eigenvalue weighted by Crippen LogP contribution is -2.27. The second kappa shape index (κ2) is 7.31. The van der Waals surface area contributed by atoms with E-state index >= 15 is 0 Å². The Hall–Kier alpha value is -1.60. The number of hydrogen-bond acceptors (Lipinski definition) is 6. The highest BCUT2D eigenvalue weighted by Gasteiger charge is 2.38. The van der Waals surface area contributed by atoms with Gasteiger partial charge in [0.2, 0.25) is 0 Å². The molecule has 118 valence electrons. The van der Waals surface area contributed by atoms with Gasteiger partial charge in [0, 0.05) is 23.0 Å². The van der Waals surface area contributed by atoms with Gasteiger partial charge in [0.1, 0.15) is 4.32 Å². The summed E-state index contributed by atoms with van der Waals surface area (Å²) in [5.74, 6) is -0.159. The van der Waals surface area contributed by atoms with Gasteiger partial charge in [-0.3, -0.25) is 14.5 Å². The first-order valence-electron chi connectivity index (χ1n) is 6.53. The third-order valence-corrected chi connectivity index (χ3v) is 5.31. The highest BCUT2D eigenvalue weighted by Crippen LogP contribution is 2.41. The molecular formula is C15H10BrNO4S2. The maximum Gasteiger partial charge on any atom is 0.373 e. The van der Waals surface area contributed by atoms with Crippen LogP contribution in [-0.4, -0.2) is 33.6 Å². The Morgan fingerprint density at radius 3 is 2.57 bits per heavy atom. The van der Waals surface area contributed by atoms with Gasteiger partial charge in [-0.05, 0) is 30.2 Å². The molecule has 1 heterocycles. The minimum atomic E-state index is -0.154. The van der Waals surface area contributed by atoms with Crippen molar-refractivity contribution in [1.82, 2.24) is 4.90 Å². The van der Waals surface area contributed by atoms with Crippen molar-refractivity contribution < 1.29 is 19.2 Å². The van der Waals surface area contributed by atoms with E-state index in [4.69, 9.17) is 21.8 Å². The highest BCUT2D eigenvalue weighted by atomic mass is 79.9. The number of benzene rings is 1. The minimum absolute atomic E-state index is 0.00490. The average molecular weight is 412 g/mol. The predicted molar refractivity (Wildman–Crippen MR) is 92.4 cm³/mol. The molecule has 0 spiro atoms. The monoisotopic (exact) mass is 411 g/mol. The second-order valence-electron chi connectivity index (χ2n) is 4.61. The molecule has 1 aromatic rings. The third kappa shape index (κ3) is 3.35. The summed E-state index contributed by atoms with van der Waals surface area (Å²) in [7, 11) is 0. The molecule has 0 saturated carbocycles. The number of carbonyl (C=O) groups excluding carboxylic acids is 4. The normalized spacial score (nSPS) is 19.4. The summed E-state index contributed by atoms with van der Waals surface area (Å²) >= 11 is 9.85. The van der Waals surface area contributed by atoms with Crippen molar-refractivity contribution in [3.05, 3.63) is 38.7 Å². The summed E-state index contributed by atoms with van der Waals surface area (Å²) in [4.78, 5) is 42.9. The molecule has 1 saturated heterocycles. The number of likely N-dealkylation sites (N-methyl/N-ethyl adjacent to an activating group) is 1. The van der Waals surface area contributed by atoms with Gasteiger partial charge in [-0.25, -0.2) is 0 Å². The Kier molecular flexibility index (Phi) is 5.64. The molecule has 8 heteroatoms. The number of carbonyl (C=O) groups is 2. The first-order valence-corrected chi connectivity index (χ1v) is 8.55. The summed E-state index contributed by atoms with van der Waals surface area (Å²) in [6.07, 6.45) is 0.605. The number of thiocarbonyl (C=S) groups is 1. The lowest BCUT2D eigenvalue weighted by Gasteiger charge is -2.10. The minimum Gasteiger partial charge on any atom is -0.294 e. The van der Waals surface area contributed by atoms with Crippen molar-refractivity contribution in [3.63, 3.8) is 0 Å². The molecule has 1 fully saturated rings. The van der Waals surface area contributed by atoms with Crippen molar-refractivity contribution in [2.24, 2.45) is 0 Å². The molecule has 1 aromatic carbocycles. The maximum absolute atomic E-state index is 12.4. The van der Waals surface area contributed by atoms with Gasteiger partial charge in [-0.15, -0.1) is 0 Å². The van der Waals surface area contributed by atoms with Crippen molar-refractivity contribution in [3.8, 4) is 0 Å². The zero-order valence-electron chi connectivity index (χ0n) is 11.9. The summed E-state index contributed by atoms with van der Waals surface area (Å²) < 4.78 is 1.42.